The van der Waals surface area contributed by atoms with E-state index in [4.69, 9.17) is 18.9 Å². The predicted molar refractivity (Wildman–Crippen MR) is 164 cm³/mol. The summed E-state index contributed by atoms with van der Waals surface area (Å²) in [5, 5.41) is 38.1. The van der Waals surface area contributed by atoms with Crippen molar-refractivity contribution in [1.29, 1.82) is 0 Å². The van der Waals surface area contributed by atoms with Crippen LogP contribution in [0.2, 0.25) is 0 Å². The zero-order valence-corrected chi connectivity index (χ0v) is 24.5. The molecule has 0 saturated carbocycles. The van der Waals surface area contributed by atoms with Crippen molar-refractivity contribution in [2.75, 3.05) is 52.9 Å². The molecule has 4 aromatic rings. The van der Waals surface area contributed by atoms with Crippen molar-refractivity contribution >= 4 is 0 Å². The molecule has 226 valence electrons. The highest BCUT2D eigenvalue weighted by Gasteiger charge is 2.47. The first-order valence-corrected chi connectivity index (χ1v) is 14.5. The minimum Gasteiger partial charge on any atom is -0.487 e. The number of hydrogen-bond donors (Lipinski definition) is 4. The van der Waals surface area contributed by atoms with Gasteiger partial charge in [0, 0.05) is 0 Å². The van der Waals surface area contributed by atoms with E-state index in [0.717, 1.165) is 44.5 Å². The van der Waals surface area contributed by atoms with Gasteiger partial charge in [-0.1, -0.05) is 60.7 Å². The molecule has 0 spiro atoms. The van der Waals surface area contributed by atoms with Gasteiger partial charge in [0.25, 0.3) is 0 Å². The average Bonchev–Trinajstić information content (AvgIpc) is 3.32. The molecule has 1 aliphatic rings. The lowest BCUT2D eigenvalue weighted by Crippen LogP contribution is -2.29. The number of fused-ring (bicyclic) bond motifs is 3. The Morgan fingerprint density at radius 3 is 1.28 bits per heavy atom. The molecule has 0 saturated heterocycles. The van der Waals surface area contributed by atoms with Crippen LogP contribution in [0.25, 0.3) is 11.1 Å². The Hall–Kier alpha value is -4.08. The van der Waals surface area contributed by atoms with Crippen LogP contribution in [0, 0.1) is 13.8 Å². The van der Waals surface area contributed by atoms with E-state index in [0.29, 0.717) is 23.0 Å². The van der Waals surface area contributed by atoms with Gasteiger partial charge in [0.2, 0.25) is 0 Å². The fourth-order valence-corrected chi connectivity index (χ4v) is 6.13. The van der Waals surface area contributed by atoms with Gasteiger partial charge < -0.3 is 39.4 Å². The quantitative estimate of drug-likeness (QED) is 0.153. The molecule has 0 unspecified atom stereocenters. The molecule has 0 radical (unpaired) electrons. The number of benzene rings is 4. The summed E-state index contributed by atoms with van der Waals surface area (Å²) in [5.41, 5.74) is 7.01. The van der Waals surface area contributed by atoms with Crippen LogP contribution in [0.4, 0.5) is 0 Å². The maximum Gasteiger partial charge on any atom is 0.164 e. The van der Waals surface area contributed by atoms with Gasteiger partial charge >= 0.3 is 0 Å². The molecule has 8 nitrogen and oxygen atoms in total. The van der Waals surface area contributed by atoms with Gasteiger partial charge in [-0.3, -0.25) is 0 Å². The second kappa shape index (κ2) is 13.5. The van der Waals surface area contributed by atoms with Gasteiger partial charge in [0.15, 0.2) is 23.0 Å². The van der Waals surface area contributed by atoms with Gasteiger partial charge in [0.1, 0.15) is 26.4 Å². The summed E-state index contributed by atoms with van der Waals surface area (Å²) in [7, 11) is 0. The number of aliphatic hydroxyl groups is 4. The normalized spacial score (nSPS) is 12.9. The second-order valence-corrected chi connectivity index (χ2v) is 10.4. The molecule has 1 aliphatic carbocycles. The van der Waals surface area contributed by atoms with Crippen molar-refractivity contribution < 1.29 is 39.4 Å². The van der Waals surface area contributed by atoms with E-state index in [1.165, 1.54) is 0 Å². The van der Waals surface area contributed by atoms with Crippen molar-refractivity contribution in [2.24, 2.45) is 0 Å². The Morgan fingerprint density at radius 1 is 0.512 bits per heavy atom. The Morgan fingerprint density at radius 2 is 0.884 bits per heavy atom. The van der Waals surface area contributed by atoms with Crippen LogP contribution in [0.1, 0.15) is 33.4 Å². The summed E-state index contributed by atoms with van der Waals surface area (Å²) in [6, 6.07) is 24.7. The van der Waals surface area contributed by atoms with Crippen LogP contribution >= 0.6 is 0 Å². The molecule has 5 rings (SSSR count). The predicted octanol–water partition coefficient (Wildman–Crippen LogP) is 4.15. The van der Waals surface area contributed by atoms with Crippen molar-refractivity contribution in [3.63, 3.8) is 0 Å². The Kier molecular flexibility index (Phi) is 9.52. The van der Waals surface area contributed by atoms with Crippen LogP contribution < -0.4 is 18.9 Å². The topological polar surface area (TPSA) is 118 Å². The first-order valence-electron chi connectivity index (χ1n) is 14.5. The zero-order chi connectivity index (χ0) is 30.4. The Labute approximate surface area is 251 Å². The van der Waals surface area contributed by atoms with Gasteiger partial charge in [0.05, 0.1) is 31.8 Å². The van der Waals surface area contributed by atoms with Crippen molar-refractivity contribution in [3.8, 4) is 34.1 Å². The molecule has 0 atom stereocenters. The van der Waals surface area contributed by atoms with Gasteiger partial charge in [-0.05, 0) is 70.5 Å². The van der Waals surface area contributed by atoms with Crippen LogP contribution in [0.3, 0.4) is 0 Å². The van der Waals surface area contributed by atoms with E-state index in [-0.39, 0.29) is 52.9 Å². The molecule has 0 heterocycles. The van der Waals surface area contributed by atoms with E-state index in [9.17, 15) is 20.4 Å². The highest BCUT2D eigenvalue weighted by atomic mass is 16.5. The number of hydrogen-bond acceptors (Lipinski definition) is 8. The summed E-state index contributed by atoms with van der Waals surface area (Å²) in [6.07, 6.45) is 0. The minimum absolute atomic E-state index is 0.0771. The number of aryl methyl sites for hydroxylation is 2. The van der Waals surface area contributed by atoms with Crippen molar-refractivity contribution in [1.82, 2.24) is 0 Å². The molecule has 0 fully saturated rings. The number of aliphatic hydroxyl groups excluding tert-OH is 4. The molecule has 0 aliphatic heterocycles. The number of ether oxygens (including phenoxy) is 4. The van der Waals surface area contributed by atoms with Gasteiger partial charge in [-0.2, -0.15) is 0 Å². The molecule has 4 N–H and O–H groups in total. The molecule has 4 aromatic carbocycles. The third kappa shape index (κ3) is 5.55. The summed E-state index contributed by atoms with van der Waals surface area (Å²) in [6.45, 7) is 3.61. The summed E-state index contributed by atoms with van der Waals surface area (Å²) < 4.78 is 23.9. The first-order chi connectivity index (χ1) is 21.0. The van der Waals surface area contributed by atoms with Crippen LogP contribution in [-0.2, 0) is 5.41 Å². The van der Waals surface area contributed by atoms with Crippen LogP contribution in [0.15, 0.2) is 72.8 Å². The van der Waals surface area contributed by atoms with Crippen molar-refractivity contribution in [2.45, 2.75) is 19.3 Å². The standard InChI is InChI=1S/C35H38O8/c1-23-19-25(21-31(40-15-11-36)33(23)42-17-13-38)35(29-9-5-3-7-27(29)28-8-4-6-10-30(28)35)26-20-24(2)34(43-18-14-39)32(22-26)41-16-12-37/h3-10,19-22,36-39H,11-18H2,1-2H3. The van der Waals surface area contributed by atoms with E-state index in [2.05, 4.69) is 36.4 Å². The maximum absolute atomic E-state index is 9.59. The summed E-state index contributed by atoms with van der Waals surface area (Å²) in [5.74, 6) is 1.96. The minimum atomic E-state index is -0.817. The molecule has 0 aromatic heterocycles. The molecule has 43 heavy (non-hydrogen) atoms. The monoisotopic (exact) mass is 586 g/mol. The highest BCUT2D eigenvalue weighted by molar-refractivity contribution is 5.86. The molecule has 0 amide bonds. The van der Waals surface area contributed by atoms with Crippen LogP contribution in [-0.4, -0.2) is 73.3 Å². The molecule has 8 heteroatoms. The van der Waals surface area contributed by atoms with E-state index < -0.39 is 5.41 Å². The number of rotatable bonds is 14. The Balaban J connectivity index is 1.86. The fourth-order valence-electron chi connectivity index (χ4n) is 6.13. The smallest absolute Gasteiger partial charge is 0.164 e. The first kappa shape index (κ1) is 30.4. The average molecular weight is 587 g/mol. The Bertz CT molecular complexity index is 1450. The summed E-state index contributed by atoms with van der Waals surface area (Å²) >= 11 is 0. The van der Waals surface area contributed by atoms with Crippen LogP contribution in [0.5, 0.6) is 23.0 Å². The largest absolute Gasteiger partial charge is 0.487 e. The van der Waals surface area contributed by atoms with Gasteiger partial charge in [-0.25, -0.2) is 0 Å². The summed E-state index contributed by atoms with van der Waals surface area (Å²) in [4.78, 5) is 0. The second-order valence-electron chi connectivity index (χ2n) is 10.4. The SMILES string of the molecule is Cc1cc(C2(c3cc(C)c(OCCO)c(OCCO)c3)c3ccccc3-c3ccccc32)cc(OCCO)c1OCCO. The van der Waals surface area contributed by atoms with Crippen molar-refractivity contribution in [3.05, 3.63) is 106 Å². The lowest BCUT2D eigenvalue weighted by Gasteiger charge is -2.35. The van der Waals surface area contributed by atoms with Gasteiger partial charge in [-0.15, -0.1) is 0 Å². The molecule has 0 bridgehead atoms. The fraction of sp³-hybridized carbons (Fsp3) is 0.314. The third-order valence-electron chi connectivity index (χ3n) is 7.67. The maximum atomic E-state index is 9.59. The lowest BCUT2D eigenvalue weighted by atomic mass is 9.67. The lowest BCUT2D eigenvalue weighted by molar-refractivity contribution is 0.177. The molecular formula is C35H38O8. The highest BCUT2D eigenvalue weighted by Crippen LogP contribution is 2.58. The van der Waals surface area contributed by atoms with E-state index >= 15 is 0 Å². The van der Waals surface area contributed by atoms with E-state index in [1.807, 2.05) is 50.2 Å². The third-order valence-corrected chi connectivity index (χ3v) is 7.67. The zero-order valence-electron chi connectivity index (χ0n) is 24.5. The van der Waals surface area contributed by atoms with E-state index in [1.54, 1.807) is 0 Å². The molecular weight excluding hydrogens is 548 g/mol.